The van der Waals surface area contributed by atoms with Crippen LogP contribution in [0.4, 0.5) is 11.4 Å². The molecule has 0 fully saturated rings. The Labute approximate surface area is 229 Å². The van der Waals surface area contributed by atoms with Crippen molar-refractivity contribution in [2.45, 2.75) is 19.8 Å². The number of carbonyl (C=O) groups is 2. The third-order valence-electron chi connectivity index (χ3n) is 7.01. The summed E-state index contributed by atoms with van der Waals surface area (Å²) >= 11 is 12.1. The van der Waals surface area contributed by atoms with Crippen LogP contribution in [-0.2, 0) is 9.59 Å². The molecule has 0 aliphatic carbocycles. The van der Waals surface area contributed by atoms with Gasteiger partial charge in [-0.15, -0.1) is 0 Å². The molecule has 2 amide bonds. The number of amides is 2. The fourth-order valence-electron chi connectivity index (χ4n) is 5.22. The number of rotatable bonds is 5. The smallest absolute Gasteiger partial charge is 0.256 e. The molecule has 38 heavy (non-hydrogen) atoms. The molecule has 3 heterocycles. The molecule has 0 saturated carbocycles. The Morgan fingerprint density at radius 2 is 1.21 bits per heavy atom. The average molecular weight is 549 g/mol. The maximum absolute atomic E-state index is 14.0. The predicted octanol–water partition coefficient (Wildman–Crippen LogP) is 5.88. The van der Waals surface area contributed by atoms with Gasteiger partial charge in [0.05, 0.1) is 23.2 Å². The van der Waals surface area contributed by atoms with Gasteiger partial charge in [0, 0.05) is 27.4 Å². The maximum atomic E-state index is 14.0. The third kappa shape index (κ3) is 4.10. The van der Waals surface area contributed by atoms with Crippen LogP contribution < -0.4 is 19.5 Å². The second kappa shape index (κ2) is 9.45. The molecule has 2 atom stereocenters. The van der Waals surface area contributed by atoms with Gasteiger partial charge in [-0.3, -0.25) is 9.59 Å². The number of fused-ring (bicyclic) bond motifs is 1. The molecule has 192 valence electrons. The van der Waals surface area contributed by atoms with Crippen LogP contribution in [0, 0.1) is 11.8 Å². The van der Waals surface area contributed by atoms with Crippen molar-refractivity contribution in [3.8, 4) is 11.5 Å². The molecular weight excluding hydrogens is 527 g/mol. The van der Waals surface area contributed by atoms with Gasteiger partial charge in [0.15, 0.2) is 11.5 Å². The SMILES string of the molecule is CC1=NN(c2ccc(Cl)cc2)C(=O)[C@@H]1C(c1ccc2c(c1)OCO2)[C@H]1C(=O)N(c2ccc(Cl)cc2)N=C1C. The molecule has 3 aromatic rings. The van der Waals surface area contributed by atoms with Crippen LogP contribution in [0.15, 0.2) is 76.9 Å². The number of carbonyl (C=O) groups excluding carboxylic acids is 2. The topological polar surface area (TPSA) is 83.8 Å². The Bertz CT molecular complexity index is 1420. The lowest BCUT2D eigenvalue weighted by molar-refractivity contribution is -0.122. The Hall–Kier alpha value is -3.88. The molecule has 0 spiro atoms. The van der Waals surface area contributed by atoms with Gasteiger partial charge in [-0.05, 0) is 80.1 Å². The first-order valence-electron chi connectivity index (χ1n) is 12.0. The fraction of sp³-hybridized carbons (Fsp3) is 0.214. The van der Waals surface area contributed by atoms with Crippen LogP contribution >= 0.6 is 23.2 Å². The number of hydrazone groups is 2. The number of nitrogens with zero attached hydrogens (tertiary/aromatic N) is 4. The van der Waals surface area contributed by atoms with Crippen LogP contribution in [-0.4, -0.2) is 30.0 Å². The number of ether oxygens (including phenoxy) is 2. The predicted molar refractivity (Wildman–Crippen MR) is 146 cm³/mol. The maximum Gasteiger partial charge on any atom is 0.256 e. The van der Waals surface area contributed by atoms with Crippen molar-refractivity contribution in [2.75, 3.05) is 16.8 Å². The van der Waals surface area contributed by atoms with Crippen molar-refractivity contribution in [2.24, 2.45) is 22.0 Å². The Kier molecular flexibility index (Phi) is 6.08. The number of hydrogen-bond acceptors (Lipinski definition) is 6. The summed E-state index contributed by atoms with van der Waals surface area (Å²) in [6, 6.07) is 19.3. The van der Waals surface area contributed by atoms with E-state index < -0.39 is 17.8 Å². The zero-order valence-electron chi connectivity index (χ0n) is 20.5. The summed E-state index contributed by atoms with van der Waals surface area (Å²) in [5.74, 6) is -1.31. The molecule has 0 N–H and O–H groups in total. The molecule has 3 aliphatic heterocycles. The molecular formula is C28H22Cl2N4O4. The number of benzene rings is 3. The second-order valence-corrected chi connectivity index (χ2v) is 10.2. The largest absolute Gasteiger partial charge is 0.454 e. The van der Waals surface area contributed by atoms with Gasteiger partial charge < -0.3 is 9.47 Å². The molecule has 6 rings (SSSR count). The van der Waals surface area contributed by atoms with Crippen molar-refractivity contribution in [1.82, 2.24) is 0 Å². The van der Waals surface area contributed by atoms with Crippen molar-refractivity contribution in [3.05, 3.63) is 82.3 Å². The molecule has 0 radical (unpaired) electrons. The van der Waals surface area contributed by atoms with Gasteiger partial charge >= 0.3 is 0 Å². The number of hydrogen-bond donors (Lipinski definition) is 0. The Morgan fingerprint density at radius 1 is 0.737 bits per heavy atom. The fourth-order valence-corrected chi connectivity index (χ4v) is 5.47. The average Bonchev–Trinajstić information content (AvgIpc) is 3.58. The Morgan fingerprint density at radius 3 is 1.71 bits per heavy atom. The van der Waals surface area contributed by atoms with Gasteiger partial charge in [0.1, 0.15) is 0 Å². The highest BCUT2D eigenvalue weighted by molar-refractivity contribution is 6.31. The van der Waals surface area contributed by atoms with E-state index in [9.17, 15) is 9.59 Å². The van der Waals surface area contributed by atoms with Gasteiger partial charge in [-0.2, -0.15) is 10.2 Å². The molecule has 0 unspecified atom stereocenters. The van der Waals surface area contributed by atoms with E-state index in [-0.39, 0.29) is 18.6 Å². The molecule has 0 saturated heterocycles. The lowest BCUT2D eigenvalue weighted by Crippen LogP contribution is -2.40. The first-order chi connectivity index (χ1) is 18.3. The summed E-state index contributed by atoms with van der Waals surface area (Å²) in [4.78, 5) is 27.9. The monoisotopic (exact) mass is 548 g/mol. The first kappa shape index (κ1) is 24.5. The van der Waals surface area contributed by atoms with Crippen molar-refractivity contribution in [1.29, 1.82) is 0 Å². The minimum atomic E-state index is -0.713. The van der Waals surface area contributed by atoms with Crippen molar-refractivity contribution >= 4 is 57.8 Å². The second-order valence-electron chi connectivity index (χ2n) is 9.33. The van der Waals surface area contributed by atoms with Crippen LogP contribution in [0.5, 0.6) is 11.5 Å². The minimum Gasteiger partial charge on any atom is -0.454 e. The van der Waals surface area contributed by atoms with Gasteiger partial charge in [0.2, 0.25) is 6.79 Å². The van der Waals surface area contributed by atoms with Crippen molar-refractivity contribution in [3.63, 3.8) is 0 Å². The van der Waals surface area contributed by atoms with Gasteiger partial charge in [-0.25, -0.2) is 10.0 Å². The highest BCUT2D eigenvalue weighted by Crippen LogP contribution is 2.45. The summed E-state index contributed by atoms with van der Waals surface area (Å²) < 4.78 is 11.1. The number of anilines is 2. The molecule has 3 aliphatic rings. The van der Waals surface area contributed by atoms with E-state index in [1.54, 1.807) is 68.4 Å². The minimum absolute atomic E-state index is 0.115. The van der Waals surface area contributed by atoms with Crippen molar-refractivity contribution < 1.29 is 19.1 Å². The summed E-state index contributed by atoms with van der Waals surface area (Å²) in [5.41, 5.74) is 3.13. The van der Waals surface area contributed by atoms with Crippen LogP contribution in [0.25, 0.3) is 0 Å². The van der Waals surface area contributed by atoms with E-state index in [2.05, 4.69) is 10.2 Å². The van der Waals surface area contributed by atoms with Gasteiger partial charge in [0.25, 0.3) is 11.8 Å². The lowest BCUT2D eigenvalue weighted by Gasteiger charge is -2.28. The zero-order chi connectivity index (χ0) is 26.6. The quantitative estimate of drug-likeness (QED) is 0.398. The van der Waals surface area contributed by atoms with E-state index in [1.165, 1.54) is 10.0 Å². The van der Waals surface area contributed by atoms with E-state index in [0.717, 1.165) is 5.56 Å². The third-order valence-corrected chi connectivity index (χ3v) is 7.51. The Balaban J connectivity index is 1.42. The standard InChI is InChI=1S/C28H22Cl2N4O4/c1-15-24(27(35)33(31-15)20-8-4-18(29)5-9-20)26(17-3-12-22-23(13-17)38-14-37-22)25-16(2)32-34(28(25)36)21-10-6-19(30)7-11-21/h3-13,24-26H,14H2,1-2H3/t24-,25-/m0/s1. The van der Waals surface area contributed by atoms with Crippen LogP contribution in [0.3, 0.4) is 0 Å². The normalized spacial score (nSPS) is 20.4. The van der Waals surface area contributed by atoms with E-state index in [1.807, 2.05) is 12.1 Å². The van der Waals surface area contributed by atoms with Crippen LogP contribution in [0.1, 0.15) is 25.3 Å². The summed E-state index contributed by atoms with van der Waals surface area (Å²) in [6.45, 7) is 3.73. The highest BCUT2D eigenvalue weighted by Gasteiger charge is 2.50. The molecule has 8 nitrogen and oxygen atoms in total. The zero-order valence-corrected chi connectivity index (χ0v) is 22.0. The van der Waals surface area contributed by atoms with E-state index in [4.69, 9.17) is 32.7 Å². The molecule has 0 bridgehead atoms. The summed E-state index contributed by atoms with van der Waals surface area (Å²) in [7, 11) is 0. The molecule has 3 aromatic carbocycles. The van der Waals surface area contributed by atoms with E-state index in [0.29, 0.717) is 44.3 Å². The first-order valence-corrected chi connectivity index (χ1v) is 12.8. The number of halogens is 2. The molecule has 10 heteroatoms. The van der Waals surface area contributed by atoms with Crippen LogP contribution in [0.2, 0.25) is 10.0 Å². The summed E-state index contributed by atoms with van der Waals surface area (Å²) in [6.07, 6.45) is 0. The summed E-state index contributed by atoms with van der Waals surface area (Å²) in [5, 5.41) is 13.1. The van der Waals surface area contributed by atoms with Gasteiger partial charge in [-0.1, -0.05) is 29.3 Å². The highest BCUT2D eigenvalue weighted by atomic mass is 35.5. The molecule has 0 aromatic heterocycles. The lowest BCUT2D eigenvalue weighted by atomic mass is 9.73. The van der Waals surface area contributed by atoms with E-state index >= 15 is 0 Å².